The second-order valence-corrected chi connectivity index (χ2v) is 8.37. The van der Waals surface area contributed by atoms with Crippen LogP contribution in [0.25, 0.3) is 0 Å². The molecular formula is C21H27N5O2. The minimum Gasteiger partial charge on any atom is -0.394 e. The summed E-state index contributed by atoms with van der Waals surface area (Å²) >= 11 is 0. The van der Waals surface area contributed by atoms with Crippen LogP contribution in [0.2, 0.25) is 0 Å². The molecular weight excluding hydrogens is 354 g/mol. The molecule has 6 rings (SSSR count). The van der Waals surface area contributed by atoms with Gasteiger partial charge in [0.2, 0.25) is 0 Å². The molecule has 4 bridgehead atoms. The summed E-state index contributed by atoms with van der Waals surface area (Å²) in [4.78, 5) is 18.3. The smallest absolute Gasteiger partial charge is 0.269 e. The van der Waals surface area contributed by atoms with Crippen LogP contribution < -0.4 is 5.32 Å². The van der Waals surface area contributed by atoms with Crippen molar-refractivity contribution in [2.75, 3.05) is 45.9 Å². The molecule has 2 N–H and O–H groups in total. The molecule has 1 aromatic carbocycles. The standard InChI is InChI=1S/C21H27N5O2/c27-11-10-26-18(6-7-22-26)20(28)23-19-16-12-24-8-9-25(13-16)15-21(19,14-24)17-4-2-1-3-5-17/h1-7,16,19,27H,8-15H2,(H,23,28). The maximum Gasteiger partial charge on any atom is 0.269 e. The number of piperidine rings is 2. The Morgan fingerprint density at radius 3 is 2.54 bits per heavy atom. The van der Waals surface area contributed by atoms with Crippen LogP contribution in [0.4, 0.5) is 0 Å². The lowest BCUT2D eigenvalue weighted by Crippen LogP contribution is -2.70. The molecule has 2 aromatic rings. The number of aliphatic hydroxyl groups is 1. The highest BCUT2D eigenvalue weighted by molar-refractivity contribution is 5.92. The number of carbonyl (C=O) groups excluding carboxylic acids is 1. The lowest BCUT2D eigenvalue weighted by Gasteiger charge is -2.55. The van der Waals surface area contributed by atoms with E-state index in [-0.39, 0.29) is 24.0 Å². The van der Waals surface area contributed by atoms with E-state index in [0.29, 0.717) is 18.2 Å². The molecule has 1 amide bonds. The predicted octanol–water partition coefficient (Wildman–Crippen LogP) is 0.173. The average molecular weight is 381 g/mol. The first kappa shape index (κ1) is 17.8. The van der Waals surface area contributed by atoms with Gasteiger partial charge in [-0.1, -0.05) is 30.3 Å². The van der Waals surface area contributed by atoms with Gasteiger partial charge >= 0.3 is 0 Å². The molecule has 148 valence electrons. The molecule has 5 heterocycles. The molecule has 0 radical (unpaired) electrons. The highest BCUT2D eigenvalue weighted by Gasteiger charge is 2.55. The summed E-state index contributed by atoms with van der Waals surface area (Å²) in [6, 6.07) is 12.5. The number of benzene rings is 1. The van der Waals surface area contributed by atoms with Gasteiger partial charge in [-0.05, 0) is 11.6 Å². The number of hydrogen-bond donors (Lipinski definition) is 2. The zero-order chi connectivity index (χ0) is 19.1. The zero-order valence-corrected chi connectivity index (χ0v) is 16.0. The van der Waals surface area contributed by atoms with Crippen LogP contribution >= 0.6 is 0 Å². The summed E-state index contributed by atoms with van der Waals surface area (Å²) in [7, 11) is 0. The van der Waals surface area contributed by atoms with E-state index in [1.807, 2.05) is 0 Å². The fourth-order valence-corrected chi connectivity index (χ4v) is 5.58. The van der Waals surface area contributed by atoms with Crippen LogP contribution in [0.15, 0.2) is 42.6 Å². The fraction of sp³-hybridized carbons (Fsp3) is 0.524. The molecule has 3 unspecified atom stereocenters. The first-order valence-electron chi connectivity index (χ1n) is 10.1. The van der Waals surface area contributed by atoms with Gasteiger partial charge in [0.1, 0.15) is 5.69 Å². The number of hydrogen-bond acceptors (Lipinski definition) is 5. The highest BCUT2D eigenvalue weighted by Crippen LogP contribution is 2.43. The Morgan fingerprint density at radius 2 is 1.86 bits per heavy atom. The molecule has 0 spiro atoms. The third-order valence-corrected chi connectivity index (χ3v) is 6.69. The van der Waals surface area contributed by atoms with Gasteiger partial charge in [-0.2, -0.15) is 5.10 Å². The molecule has 4 aliphatic rings. The van der Waals surface area contributed by atoms with Crippen molar-refractivity contribution in [1.82, 2.24) is 24.9 Å². The third-order valence-electron chi connectivity index (χ3n) is 6.69. The first-order valence-corrected chi connectivity index (χ1v) is 10.1. The van der Waals surface area contributed by atoms with E-state index in [2.05, 4.69) is 50.5 Å². The largest absolute Gasteiger partial charge is 0.394 e. The normalized spacial score (nSPS) is 33.6. The summed E-state index contributed by atoms with van der Waals surface area (Å²) < 4.78 is 1.58. The Morgan fingerprint density at radius 1 is 1.14 bits per heavy atom. The Bertz CT molecular complexity index is 835. The summed E-state index contributed by atoms with van der Waals surface area (Å²) in [5.74, 6) is 0.311. The van der Waals surface area contributed by atoms with Gasteiger partial charge < -0.3 is 20.2 Å². The van der Waals surface area contributed by atoms with E-state index in [0.717, 1.165) is 39.3 Å². The van der Waals surface area contributed by atoms with E-state index < -0.39 is 0 Å². The second-order valence-electron chi connectivity index (χ2n) is 8.37. The summed E-state index contributed by atoms with van der Waals surface area (Å²) in [6.07, 6.45) is 1.62. The maximum atomic E-state index is 13.2. The number of amides is 1. The Kier molecular flexibility index (Phi) is 4.45. The lowest BCUT2D eigenvalue weighted by molar-refractivity contribution is 0.0178. The third kappa shape index (κ3) is 2.85. The van der Waals surface area contributed by atoms with E-state index in [1.165, 1.54) is 5.56 Å². The molecule has 7 nitrogen and oxygen atoms in total. The molecule has 1 aromatic heterocycles. The molecule has 0 aliphatic carbocycles. The molecule has 28 heavy (non-hydrogen) atoms. The Labute approximate surface area is 164 Å². The van der Waals surface area contributed by atoms with Crippen molar-refractivity contribution in [2.45, 2.75) is 18.0 Å². The zero-order valence-electron chi connectivity index (χ0n) is 16.0. The molecule has 4 saturated heterocycles. The Balaban J connectivity index is 1.50. The fourth-order valence-electron chi connectivity index (χ4n) is 5.58. The topological polar surface area (TPSA) is 73.6 Å². The summed E-state index contributed by atoms with van der Waals surface area (Å²) in [5.41, 5.74) is 1.73. The Hall–Kier alpha value is -2.22. The van der Waals surface area contributed by atoms with Gasteiger partial charge in [-0.3, -0.25) is 9.48 Å². The molecule has 7 heteroatoms. The van der Waals surface area contributed by atoms with Crippen molar-refractivity contribution in [3.63, 3.8) is 0 Å². The molecule has 4 aliphatic heterocycles. The van der Waals surface area contributed by atoms with Gasteiger partial charge in [0, 0.05) is 62.8 Å². The predicted molar refractivity (Wildman–Crippen MR) is 105 cm³/mol. The van der Waals surface area contributed by atoms with Crippen LogP contribution in [0, 0.1) is 5.92 Å². The van der Waals surface area contributed by atoms with Crippen LogP contribution in [0.1, 0.15) is 16.1 Å². The molecule has 0 saturated carbocycles. The molecule has 4 fully saturated rings. The van der Waals surface area contributed by atoms with E-state index >= 15 is 0 Å². The first-order chi connectivity index (χ1) is 13.7. The van der Waals surface area contributed by atoms with Gasteiger partial charge in [0.15, 0.2) is 0 Å². The minimum absolute atomic E-state index is 0.0358. The monoisotopic (exact) mass is 381 g/mol. The van der Waals surface area contributed by atoms with Crippen molar-refractivity contribution in [2.24, 2.45) is 5.92 Å². The number of fused-ring (bicyclic) bond motifs is 1. The highest BCUT2D eigenvalue weighted by atomic mass is 16.3. The van der Waals surface area contributed by atoms with Crippen LogP contribution in [-0.4, -0.2) is 82.5 Å². The van der Waals surface area contributed by atoms with E-state index in [1.54, 1.807) is 16.9 Å². The van der Waals surface area contributed by atoms with Crippen LogP contribution in [0.3, 0.4) is 0 Å². The van der Waals surface area contributed by atoms with Crippen molar-refractivity contribution < 1.29 is 9.90 Å². The van der Waals surface area contributed by atoms with E-state index in [4.69, 9.17) is 0 Å². The van der Waals surface area contributed by atoms with Crippen LogP contribution in [0.5, 0.6) is 0 Å². The molecule has 3 atom stereocenters. The number of aromatic nitrogens is 2. The number of nitrogens with zero attached hydrogens (tertiary/aromatic N) is 4. The summed E-state index contributed by atoms with van der Waals surface area (Å²) in [6.45, 7) is 6.53. The minimum atomic E-state index is -0.101. The average Bonchev–Trinajstić information content (AvgIpc) is 3.02. The second kappa shape index (κ2) is 6.99. The van der Waals surface area contributed by atoms with Crippen molar-refractivity contribution in [3.8, 4) is 0 Å². The van der Waals surface area contributed by atoms with Gasteiger partial charge in [-0.15, -0.1) is 0 Å². The van der Waals surface area contributed by atoms with E-state index in [9.17, 15) is 9.90 Å². The van der Waals surface area contributed by atoms with Gasteiger partial charge in [0.05, 0.1) is 13.2 Å². The van der Waals surface area contributed by atoms with Crippen LogP contribution in [-0.2, 0) is 12.0 Å². The van der Waals surface area contributed by atoms with Gasteiger partial charge in [-0.25, -0.2) is 0 Å². The van der Waals surface area contributed by atoms with Crippen molar-refractivity contribution >= 4 is 5.91 Å². The summed E-state index contributed by atoms with van der Waals surface area (Å²) in [5, 5.41) is 16.8. The lowest BCUT2D eigenvalue weighted by atomic mass is 9.64. The number of nitrogens with one attached hydrogen (secondary N) is 1. The van der Waals surface area contributed by atoms with Gasteiger partial charge in [0.25, 0.3) is 5.91 Å². The van der Waals surface area contributed by atoms with Crippen molar-refractivity contribution in [3.05, 3.63) is 53.9 Å². The quantitative estimate of drug-likeness (QED) is 0.773. The van der Waals surface area contributed by atoms with Crippen molar-refractivity contribution in [1.29, 1.82) is 0 Å². The number of carbonyl (C=O) groups is 1. The maximum absolute atomic E-state index is 13.2. The number of rotatable bonds is 5. The SMILES string of the molecule is O=C(NC1C2CN3CCN(C2)CC1(c1ccccc1)C3)c1ccnn1CCO. The number of aliphatic hydroxyl groups excluding tert-OH is 1.